The standard InChI is InChI=1S/C11H20O3/c1-10(2)9(11(10,3)4)7(12)6-8(13)14-5/h7,9,12H,6H2,1-5H3. The molecular formula is C11H20O3. The molecule has 0 aromatic heterocycles. The summed E-state index contributed by atoms with van der Waals surface area (Å²) in [7, 11) is 1.35. The number of ether oxygens (including phenoxy) is 1. The summed E-state index contributed by atoms with van der Waals surface area (Å²) in [6, 6.07) is 0. The van der Waals surface area contributed by atoms with E-state index in [2.05, 4.69) is 32.4 Å². The molecule has 1 N–H and O–H groups in total. The summed E-state index contributed by atoms with van der Waals surface area (Å²) in [5, 5.41) is 9.86. The molecule has 0 amide bonds. The van der Waals surface area contributed by atoms with Crippen LogP contribution in [-0.2, 0) is 9.53 Å². The van der Waals surface area contributed by atoms with Crippen molar-refractivity contribution < 1.29 is 14.6 Å². The molecule has 82 valence electrons. The molecule has 1 aliphatic carbocycles. The Labute approximate surface area is 85.5 Å². The topological polar surface area (TPSA) is 46.5 Å². The van der Waals surface area contributed by atoms with Crippen LogP contribution in [0.5, 0.6) is 0 Å². The Morgan fingerprint density at radius 1 is 1.36 bits per heavy atom. The van der Waals surface area contributed by atoms with Crippen molar-refractivity contribution in [3.05, 3.63) is 0 Å². The zero-order valence-electron chi connectivity index (χ0n) is 9.63. The van der Waals surface area contributed by atoms with Crippen molar-refractivity contribution in [1.82, 2.24) is 0 Å². The van der Waals surface area contributed by atoms with Crippen LogP contribution in [0.4, 0.5) is 0 Å². The molecule has 0 saturated heterocycles. The second-order valence-electron chi connectivity index (χ2n) is 5.27. The van der Waals surface area contributed by atoms with Crippen molar-refractivity contribution in [1.29, 1.82) is 0 Å². The van der Waals surface area contributed by atoms with E-state index in [0.29, 0.717) is 0 Å². The molecule has 1 saturated carbocycles. The molecule has 1 atom stereocenters. The summed E-state index contributed by atoms with van der Waals surface area (Å²) in [6.45, 7) is 8.49. The van der Waals surface area contributed by atoms with Crippen LogP contribution in [-0.4, -0.2) is 24.3 Å². The molecule has 0 aliphatic heterocycles. The predicted molar refractivity (Wildman–Crippen MR) is 53.7 cm³/mol. The molecule has 0 heterocycles. The fourth-order valence-electron chi connectivity index (χ4n) is 2.58. The lowest BCUT2D eigenvalue weighted by atomic mass is 10.0. The summed E-state index contributed by atoms with van der Waals surface area (Å²) >= 11 is 0. The van der Waals surface area contributed by atoms with Gasteiger partial charge in [-0.05, 0) is 16.7 Å². The third-order valence-electron chi connectivity index (χ3n) is 4.12. The summed E-state index contributed by atoms with van der Waals surface area (Å²) in [6.07, 6.45) is -0.471. The van der Waals surface area contributed by atoms with Gasteiger partial charge in [-0.3, -0.25) is 4.79 Å². The maximum atomic E-state index is 11.0. The van der Waals surface area contributed by atoms with Crippen LogP contribution in [0.3, 0.4) is 0 Å². The predicted octanol–water partition coefficient (Wildman–Crippen LogP) is 1.59. The molecule has 0 aromatic rings. The Balaban J connectivity index is 2.57. The van der Waals surface area contributed by atoms with E-state index in [4.69, 9.17) is 0 Å². The largest absolute Gasteiger partial charge is 0.469 e. The quantitative estimate of drug-likeness (QED) is 0.704. The molecule has 1 rings (SSSR count). The normalized spacial score (nSPS) is 25.6. The lowest BCUT2D eigenvalue weighted by Gasteiger charge is -2.10. The highest BCUT2D eigenvalue weighted by Gasteiger charge is 2.67. The van der Waals surface area contributed by atoms with Crippen molar-refractivity contribution in [2.45, 2.75) is 40.2 Å². The maximum Gasteiger partial charge on any atom is 0.308 e. The zero-order chi connectivity index (χ0) is 11.1. The molecule has 1 fully saturated rings. The first-order valence-electron chi connectivity index (χ1n) is 5.00. The van der Waals surface area contributed by atoms with Gasteiger partial charge in [-0.2, -0.15) is 0 Å². The zero-order valence-corrected chi connectivity index (χ0v) is 9.63. The lowest BCUT2D eigenvalue weighted by molar-refractivity contribution is -0.143. The van der Waals surface area contributed by atoms with Crippen molar-refractivity contribution in [2.24, 2.45) is 16.7 Å². The van der Waals surface area contributed by atoms with Crippen LogP contribution in [0.1, 0.15) is 34.1 Å². The van der Waals surface area contributed by atoms with E-state index in [-0.39, 0.29) is 29.1 Å². The Kier molecular flexibility index (Phi) is 2.65. The molecule has 14 heavy (non-hydrogen) atoms. The van der Waals surface area contributed by atoms with Crippen molar-refractivity contribution in [2.75, 3.05) is 7.11 Å². The van der Waals surface area contributed by atoms with E-state index in [1.54, 1.807) is 0 Å². The molecule has 0 aromatic carbocycles. The van der Waals surface area contributed by atoms with E-state index in [1.165, 1.54) is 7.11 Å². The van der Waals surface area contributed by atoms with Crippen LogP contribution in [0.2, 0.25) is 0 Å². The highest BCUT2D eigenvalue weighted by atomic mass is 16.5. The monoisotopic (exact) mass is 200 g/mol. The van der Waals surface area contributed by atoms with Crippen LogP contribution in [0.25, 0.3) is 0 Å². The van der Waals surface area contributed by atoms with E-state index < -0.39 is 6.10 Å². The Morgan fingerprint density at radius 2 is 1.79 bits per heavy atom. The molecule has 0 bridgehead atoms. The van der Waals surface area contributed by atoms with Crippen molar-refractivity contribution in [3.63, 3.8) is 0 Å². The number of carbonyl (C=O) groups excluding carboxylic acids is 1. The lowest BCUT2D eigenvalue weighted by Crippen LogP contribution is -2.19. The van der Waals surface area contributed by atoms with Gasteiger partial charge in [-0.15, -0.1) is 0 Å². The van der Waals surface area contributed by atoms with Gasteiger partial charge in [0.1, 0.15) is 0 Å². The second-order valence-corrected chi connectivity index (χ2v) is 5.27. The van der Waals surface area contributed by atoms with Crippen LogP contribution in [0, 0.1) is 16.7 Å². The first-order valence-corrected chi connectivity index (χ1v) is 5.00. The van der Waals surface area contributed by atoms with Gasteiger partial charge >= 0.3 is 5.97 Å². The molecule has 0 spiro atoms. The van der Waals surface area contributed by atoms with Gasteiger partial charge < -0.3 is 9.84 Å². The van der Waals surface area contributed by atoms with Gasteiger partial charge in [0.25, 0.3) is 0 Å². The number of hydrogen-bond acceptors (Lipinski definition) is 3. The van der Waals surface area contributed by atoms with Gasteiger partial charge in [0, 0.05) is 0 Å². The van der Waals surface area contributed by atoms with Crippen LogP contribution >= 0.6 is 0 Å². The Bertz CT molecular complexity index is 229. The molecule has 3 nitrogen and oxygen atoms in total. The number of aliphatic hydroxyl groups is 1. The van der Waals surface area contributed by atoms with Gasteiger partial charge in [-0.25, -0.2) is 0 Å². The summed E-state index contributed by atoms with van der Waals surface area (Å²) in [5.41, 5.74) is 0.223. The SMILES string of the molecule is COC(=O)CC(O)C1C(C)(C)C1(C)C. The molecule has 1 aliphatic rings. The van der Waals surface area contributed by atoms with Gasteiger partial charge in [0.05, 0.1) is 19.6 Å². The second kappa shape index (κ2) is 3.23. The number of aliphatic hydroxyl groups excluding tert-OH is 1. The minimum absolute atomic E-state index is 0.105. The first-order chi connectivity index (χ1) is 6.25. The Morgan fingerprint density at radius 3 is 2.07 bits per heavy atom. The summed E-state index contributed by atoms with van der Waals surface area (Å²) in [5.74, 6) is -0.148. The minimum atomic E-state index is -0.576. The molecule has 3 heteroatoms. The number of carbonyl (C=O) groups is 1. The third kappa shape index (κ3) is 1.54. The van der Waals surface area contributed by atoms with Gasteiger partial charge in [-0.1, -0.05) is 27.7 Å². The van der Waals surface area contributed by atoms with Gasteiger partial charge in [0.2, 0.25) is 0 Å². The molecule has 1 unspecified atom stereocenters. The fourth-order valence-corrected chi connectivity index (χ4v) is 2.58. The summed E-state index contributed by atoms with van der Waals surface area (Å²) < 4.78 is 4.54. The average molecular weight is 200 g/mol. The van der Waals surface area contributed by atoms with E-state index in [1.807, 2.05) is 0 Å². The van der Waals surface area contributed by atoms with Crippen LogP contribution in [0.15, 0.2) is 0 Å². The number of esters is 1. The highest BCUT2D eigenvalue weighted by molar-refractivity contribution is 5.69. The fraction of sp³-hybridized carbons (Fsp3) is 0.909. The van der Waals surface area contributed by atoms with E-state index in [9.17, 15) is 9.90 Å². The van der Waals surface area contributed by atoms with Crippen molar-refractivity contribution in [3.8, 4) is 0 Å². The number of methoxy groups -OCH3 is 1. The van der Waals surface area contributed by atoms with Crippen molar-refractivity contribution >= 4 is 5.97 Å². The van der Waals surface area contributed by atoms with Gasteiger partial charge in [0.15, 0.2) is 0 Å². The smallest absolute Gasteiger partial charge is 0.308 e. The third-order valence-corrected chi connectivity index (χ3v) is 4.12. The molecular weight excluding hydrogens is 180 g/mol. The average Bonchev–Trinajstić information content (AvgIpc) is 2.42. The van der Waals surface area contributed by atoms with E-state index in [0.717, 1.165) is 0 Å². The highest BCUT2D eigenvalue weighted by Crippen LogP contribution is 2.69. The first kappa shape index (κ1) is 11.5. The van der Waals surface area contributed by atoms with Crippen LogP contribution < -0.4 is 0 Å². The van der Waals surface area contributed by atoms with E-state index >= 15 is 0 Å². The Hall–Kier alpha value is -0.570. The number of rotatable bonds is 3. The maximum absolute atomic E-state index is 11.0. The number of hydrogen-bond donors (Lipinski definition) is 1. The molecule has 0 radical (unpaired) electrons. The minimum Gasteiger partial charge on any atom is -0.469 e. The summed E-state index contributed by atoms with van der Waals surface area (Å²) in [4.78, 5) is 11.0.